The van der Waals surface area contributed by atoms with Gasteiger partial charge in [0.25, 0.3) is 0 Å². The maximum Gasteiger partial charge on any atom is 0.0936 e. The minimum Gasteiger partial charge on any atom is -0.378 e. The number of nitrogens with zero attached hydrogens (tertiary/aromatic N) is 1. The SMILES string of the molecule is C1OC1CN1C2CCC1COC2. The van der Waals surface area contributed by atoms with Crippen LogP contribution < -0.4 is 0 Å². The average Bonchev–Trinajstić information content (AvgIpc) is 2.81. The van der Waals surface area contributed by atoms with Gasteiger partial charge < -0.3 is 9.47 Å². The summed E-state index contributed by atoms with van der Waals surface area (Å²) in [5.74, 6) is 0. The van der Waals surface area contributed by atoms with Gasteiger partial charge in [0.2, 0.25) is 0 Å². The monoisotopic (exact) mass is 169 g/mol. The summed E-state index contributed by atoms with van der Waals surface area (Å²) in [6.07, 6.45) is 3.21. The van der Waals surface area contributed by atoms with E-state index in [1.165, 1.54) is 12.8 Å². The molecule has 3 heteroatoms. The Hall–Kier alpha value is -0.120. The highest BCUT2D eigenvalue weighted by atomic mass is 16.6. The van der Waals surface area contributed by atoms with E-state index < -0.39 is 0 Å². The second-order valence-electron chi connectivity index (χ2n) is 4.07. The van der Waals surface area contributed by atoms with Crippen molar-refractivity contribution in [1.82, 2.24) is 4.90 Å². The number of rotatable bonds is 2. The summed E-state index contributed by atoms with van der Waals surface area (Å²) in [5, 5.41) is 0. The van der Waals surface area contributed by atoms with E-state index in [4.69, 9.17) is 9.47 Å². The first-order valence-corrected chi connectivity index (χ1v) is 4.88. The van der Waals surface area contributed by atoms with Crippen LogP contribution in [0.4, 0.5) is 0 Å². The fourth-order valence-electron chi connectivity index (χ4n) is 2.42. The predicted octanol–water partition coefficient (Wildman–Crippen LogP) is 0.248. The maximum atomic E-state index is 5.51. The van der Waals surface area contributed by atoms with Gasteiger partial charge in [-0.3, -0.25) is 4.90 Å². The van der Waals surface area contributed by atoms with Crippen LogP contribution in [0.2, 0.25) is 0 Å². The quantitative estimate of drug-likeness (QED) is 0.554. The number of hydrogen-bond acceptors (Lipinski definition) is 3. The molecule has 3 nitrogen and oxygen atoms in total. The maximum absolute atomic E-state index is 5.51. The lowest BCUT2D eigenvalue weighted by Gasteiger charge is -2.33. The first kappa shape index (κ1) is 7.30. The molecule has 0 N–H and O–H groups in total. The lowest BCUT2D eigenvalue weighted by atomic mass is 10.2. The smallest absolute Gasteiger partial charge is 0.0936 e. The van der Waals surface area contributed by atoms with Crippen molar-refractivity contribution < 1.29 is 9.47 Å². The molecule has 3 aliphatic rings. The number of fused-ring (bicyclic) bond motifs is 2. The lowest BCUT2D eigenvalue weighted by molar-refractivity contribution is -0.0169. The van der Waals surface area contributed by atoms with Gasteiger partial charge in [-0.1, -0.05) is 0 Å². The molecule has 3 rings (SSSR count). The Morgan fingerprint density at radius 3 is 2.33 bits per heavy atom. The Balaban J connectivity index is 1.67. The number of ether oxygens (including phenoxy) is 2. The van der Waals surface area contributed by atoms with Crippen LogP contribution in [0.3, 0.4) is 0 Å². The third-order valence-corrected chi connectivity index (χ3v) is 3.21. The van der Waals surface area contributed by atoms with Gasteiger partial charge in [-0.2, -0.15) is 0 Å². The van der Waals surface area contributed by atoms with Crippen LogP contribution in [-0.4, -0.2) is 49.5 Å². The lowest BCUT2D eigenvalue weighted by Crippen LogP contribution is -2.47. The summed E-state index contributed by atoms with van der Waals surface area (Å²) in [4.78, 5) is 2.60. The van der Waals surface area contributed by atoms with Crippen LogP contribution in [0.25, 0.3) is 0 Å². The molecule has 3 unspecified atom stereocenters. The number of morpholine rings is 1. The zero-order valence-electron chi connectivity index (χ0n) is 7.24. The molecule has 68 valence electrons. The Morgan fingerprint density at radius 2 is 1.75 bits per heavy atom. The van der Waals surface area contributed by atoms with E-state index in [0.29, 0.717) is 18.2 Å². The van der Waals surface area contributed by atoms with Crippen LogP contribution in [0.1, 0.15) is 12.8 Å². The molecule has 0 saturated carbocycles. The van der Waals surface area contributed by atoms with E-state index in [2.05, 4.69) is 4.90 Å². The Labute approximate surface area is 72.6 Å². The molecule has 0 aromatic heterocycles. The molecule has 3 saturated heterocycles. The summed E-state index contributed by atoms with van der Waals surface area (Å²) in [5.41, 5.74) is 0. The minimum atomic E-state index is 0.547. The molecule has 0 spiro atoms. The molecule has 12 heavy (non-hydrogen) atoms. The second kappa shape index (κ2) is 2.69. The summed E-state index contributed by atoms with van der Waals surface area (Å²) in [6, 6.07) is 1.40. The van der Waals surface area contributed by atoms with Gasteiger partial charge in [0.05, 0.1) is 25.9 Å². The standard InChI is InChI=1S/C9H15NO2/c1-2-8-5-11-4-7(1)10(8)3-9-6-12-9/h7-9H,1-6H2. The topological polar surface area (TPSA) is 25.0 Å². The zero-order valence-corrected chi connectivity index (χ0v) is 7.24. The van der Waals surface area contributed by atoms with Crippen molar-refractivity contribution >= 4 is 0 Å². The van der Waals surface area contributed by atoms with E-state index in [-0.39, 0.29) is 0 Å². The first-order valence-electron chi connectivity index (χ1n) is 4.88. The summed E-state index contributed by atoms with van der Waals surface area (Å²) >= 11 is 0. The third-order valence-electron chi connectivity index (χ3n) is 3.21. The van der Waals surface area contributed by atoms with Crippen molar-refractivity contribution in [3.05, 3.63) is 0 Å². The van der Waals surface area contributed by atoms with Gasteiger partial charge in [-0.25, -0.2) is 0 Å². The van der Waals surface area contributed by atoms with E-state index in [1.54, 1.807) is 0 Å². The largest absolute Gasteiger partial charge is 0.378 e. The zero-order chi connectivity index (χ0) is 7.97. The van der Waals surface area contributed by atoms with E-state index in [0.717, 1.165) is 26.4 Å². The Morgan fingerprint density at radius 1 is 1.08 bits per heavy atom. The molecule has 3 atom stereocenters. The molecule has 3 aliphatic heterocycles. The molecule has 0 aliphatic carbocycles. The van der Waals surface area contributed by atoms with Crippen LogP contribution in [0.5, 0.6) is 0 Å². The van der Waals surface area contributed by atoms with Gasteiger partial charge in [-0.15, -0.1) is 0 Å². The fraction of sp³-hybridized carbons (Fsp3) is 1.00. The normalized spacial score (nSPS) is 46.5. The summed E-state index contributed by atoms with van der Waals surface area (Å²) in [6.45, 7) is 4.03. The van der Waals surface area contributed by atoms with E-state index >= 15 is 0 Å². The van der Waals surface area contributed by atoms with Crippen molar-refractivity contribution in [3.8, 4) is 0 Å². The molecule has 3 fully saturated rings. The van der Waals surface area contributed by atoms with Crippen LogP contribution in [0.15, 0.2) is 0 Å². The molecule has 0 aromatic rings. The molecule has 2 bridgehead atoms. The minimum absolute atomic E-state index is 0.547. The number of hydrogen-bond donors (Lipinski definition) is 0. The van der Waals surface area contributed by atoms with Crippen molar-refractivity contribution in [2.24, 2.45) is 0 Å². The van der Waals surface area contributed by atoms with E-state index in [9.17, 15) is 0 Å². The number of epoxide rings is 1. The molecular weight excluding hydrogens is 154 g/mol. The van der Waals surface area contributed by atoms with Crippen LogP contribution >= 0.6 is 0 Å². The molecular formula is C9H15NO2. The molecule has 0 radical (unpaired) electrons. The highest BCUT2D eigenvalue weighted by Gasteiger charge is 2.40. The first-order chi connectivity index (χ1) is 5.93. The van der Waals surface area contributed by atoms with Gasteiger partial charge in [0, 0.05) is 18.6 Å². The van der Waals surface area contributed by atoms with Gasteiger partial charge in [0.15, 0.2) is 0 Å². The average molecular weight is 169 g/mol. The predicted molar refractivity (Wildman–Crippen MR) is 44.1 cm³/mol. The molecule has 0 amide bonds. The third kappa shape index (κ3) is 1.16. The summed E-state index contributed by atoms with van der Waals surface area (Å²) in [7, 11) is 0. The van der Waals surface area contributed by atoms with Crippen molar-refractivity contribution in [1.29, 1.82) is 0 Å². The van der Waals surface area contributed by atoms with Crippen molar-refractivity contribution in [2.75, 3.05) is 26.4 Å². The van der Waals surface area contributed by atoms with Crippen molar-refractivity contribution in [2.45, 2.75) is 31.0 Å². The van der Waals surface area contributed by atoms with Crippen molar-refractivity contribution in [3.63, 3.8) is 0 Å². The Kier molecular flexibility index (Phi) is 1.63. The van der Waals surface area contributed by atoms with Gasteiger partial charge in [0.1, 0.15) is 0 Å². The van der Waals surface area contributed by atoms with Gasteiger partial charge >= 0.3 is 0 Å². The van der Waals surface area contributed by atoms with Gasteiger partial charge in [-0.05, 0) is 12.8 Å². The van der Waals surface area contributed by atoms with E-state index in [1.807, 2.05) is 0 Å². The summed E-state index contributed by atoms with van der Waals surface area (Å²) < 4.78 is 10.8. The Bertz CT molecular complexity index is 165. The van der Waals surface area contributed by atoms with Crippen LogP contribution in [0, 0.1) is 0 Å². The molecule has 3 heterocycles. The van der Waals surface area contributed by atoms with Crippen LogP contribution in [-0.2, 0) is 9.47 Å². The highest BCUT2D eigenvalue weighted by Crippen LogP contribution is 2.30. The highest BCUT2D eigenvalue weighted by molar-refractivity contribution is 4.93. The fourth-order valence-corrected chi connectivity index (χ4v) is 2.42. The molecule has 0 aromatic carbocycles. The second-order valence-corrected chi connectivity index (χ2v) is 4.07.